The summed E-state index contributed by atoms with van der Waals surface area (Å²) >= 11 is 0. The minimum Gasteiger partial charge on any atom is -0.497 e. The van der Waals surface area contributed by atoms with Gasteiger partial charge in [-0.3, -0.25) is 0 Å². The van der Waals surface area contributed by atoms with Crippen LogP contribution in [-0.2, 0) is 0 Å². The molecule has 0 amide bonds. The number of rotatable bonds is 4. The molecule has 0 spiro atoms. The van der Waals surface area contributed by atoms with Crippen LogP contribution in [0.1, 0.15) is 17.2 Å². The first kappa shape index (κ1) is 15.2. The van der Waals surface area contributed by atoms with Gasteiger partial charge in [-0.15, -0.1) is 0 Å². The molecule has 0 fully saturated rings. The molecule has 0 aliphatic rings. The second kappa shape index (κ2) is 6.05. The number of aliphatic hydroxyl groups excluding tert-OH is 1. The summed E-state index contributed by atoms with van der Waals surface area (Å²) in [6.45, 7) is 0. The predicted octanol–water partition coefficient (Wildman–Crippen LogP) is 3.20. The summed E-state index contributed by atoms with van der Waals surface area (Å²) in [6, 6.07) is 5.52. The lowest BCUT2D eigenvalue weighted by atomic mass is 9.99. The molecule has 2 rings (SSSR count). The van der Waals surface area contributed by atoms with Crippen molar-refractivity contribution in [1.82, 2.24) is 0 Å². The molecule has 1 atom stereocenters. The lowest BCUT2D eigenvalue weighted by molar-refractivity contribution is 0.208. The smallest absolute Gasteiger partial charge is 0.161 e. The van der Waals surface area contributed by atoms with Gasteiger partial charge in [0.1, 0.15) is 23.4 Å². The van der Waals surface area contributed by atoms with E-state index in [9.17, 15) is 18.3 Å². The highest BCUT2D eigenvalue weighted by molar-refractivity contribution is 5.45. The highest BCUT2D eigenvalue weighted by Gasteiger charge is 2.21. The second-order valence-corrected chi connectivity index (χ2v) is 4.30. The van der Waals surface area contributed by atoms with Crippen LogP contribution in [0.2, 0.25) is 0 Å². The number of halogens is 3. The number of ether oxygens (including phenoxy) is 2. The monoisotopic (exact) mass is 298 g/mol. The van der Waals surface area contributed by atoms with E-state index in [1.165, 1.54) is 26.4 Å². The summed E-state index contributed by atoms with van der Waals surface area (Å²) in [6.07, 6.45) is -1.50. The van der Waals surface area contributed by atoms with Crippen molar-refractivity contribution in [3.63, 3.8) is 0 Å². The Balaban J connectivity index is 2.49. The van der Waals surface area contributed by atoms with Crippen LogP contribution < -0.4 is 9.47 Å². The van der Waals surface area contributed by atoms with E-state index >= 15 is 0 Å². The molecule has 112 valence electrons. The van der Waals surface area contributed by atoms with Crippen molar-refractivity contribution in [3.05, 3.63) is 58.9 Å². The van der Waals surface area contributed by atoms with Gasteiger partial charge in [0.25, 0.3) is 0 Å². The minimum atomic E-state index is -1.50. The summed E-state index contributed by atoms with van der Waals surface area (Å²) in [5.41, 5.74) is -0.166. The lowest BCUT2D eigenvalue weighted by Gasteiger charge is -2.17. The van der Waals surface area contributed by atoms with Gasteiger partial charge in [0, 0.05) is 23.3 Å². The van der Waals surface area contributed by atoms with Crippen molar-refractivity contribution >= 4 is 0 Å². The molecule has 0 bridgehead atoms. The fraction of sp³-hybridized carbons (Fsp3) is 0.200. The first-order valence-corrected chi connectivity index (χ1v) is 6.02. The van der Waals surface area contributed by atoms with E-state index in [2.05, 4.69) is 0 Å². The standard InChI is InChI=1S/C15H13F3O3/c1-20-8-3-4-9(14(5-8)21-2)15(19)10-6-12(17)13(18)7-11(10)16/h3-7,15,19H,1-2H3. The first-order chi connectivity index (χ1) is 9.97. The molecule has 0 saturated carbocycles. The van der Waals surface area contributed by atoms with Crippen molar-refractivity contribution in [3.8, 4) is 11.5 Å². The van der Waals surface area contributed by atoms with Gasteiger partial charge < -0.3 is 14.6 Å². The second-order valence-electron chi connectivity index (χ2n) is 4.30. The van der Waals surface area contributed by atoms with Gasteiger partial charge in [0.05, 0.1) is 14.2 Å². The zero-order valence-corrected chi connectivity index (χ0v) is 11.4. The van der Waals surface area contributed by atoms with Crippen LogP contribution in [-0.4, -0.2) is 19.3 Å². The molecule has 0 heterocycles. The molecule has 0 aliphatic carbocycles. The van der Waals surface area contributed by atoms with Crippen molar-refractivity contribution in [2.75, 3.05) is 14.2 Å². The predicted molar refractivity (Wildman–Crippen MR) is 69.9 cm³/mol. The maximum Gasteiger partial charge on any atom is 0.161 e. The van der Waals surface area contributed by atoms with Crippen LogP contribution >= 0.6 is 0 Å². The van der Waals surface area contributed by atoms with Crippen LogP contribution in [0.25, 0.3) is 0 Å². The molecule has 0 radical (unpaired) electrons. The maximum absolute atomic E-state index is 13.7. The summed E-state index contributed by atoms with van der Waals surface area (Å²) in [4.78, 5) is 0. The molecule has 1 N–H and O–H groups in total. The number of hydrogen-bond acceptors (Lipinski definition) is 3. The molecular weight excluding hydrogens is 285 g/mol. The summed E-state index contributed by atoms with van der Waals surface area (Å²) < 4.78 is 50.0. The van der Waals surface area contributed by atoms with Crippen molar-refractivity contribution in [2.24, 2.45) is 0 Å². The molecule has 0 aromatic heterocycles. The maximum atomic E-state index is 13.7. The Bertz CT molecular complexity index is 659. The van der Waals surface area contributed by atoms with E-state index in [0.29, 0.717) is 17.9 Å². The van der Waals surface area contributed by atoms with Gasteiger partial charge in [0.2, 0.25) is 0 Å². The zero-order valence-electron chi connectivity index (χ0n) is 11.4. The highest BCUT2D eigenvalue weighted by Crippen LogP contribution is 2.34. The SMILES string of the molecule is COc1ccc(C(O)c2cc(F)c(F)cc2F)c(OC)c1. The van der Waals surface area contributed by atoms with Gasteiger partial charge in [-0.25, -0.2) is 13.2 Å². The van der Waals surface area contributed by atoms with Crippen LogP contribution in [0, 0.1) is 17.5 Å². The third-order valence-electron chi connectivity index (χ3n) is 3.07. The number of methoxy groups -OCH3 is 2. The molecule has 2 aromatic rings. The van der Waals surface area contributed by atoms with E-state index in [4.69, 9.17) is 9.47 Å². The Morgan fingerprint density at radius 3 is 2.14 bits per heavy atom. The van der Waals surface area contributed by atoms with Gasteiger partial charge in [-0.1, -0.05) is 0 Å². The molecule has 0 saturated heterocycles. The Morgan fingerprint density at radius 2 is 1.52 bits per heavy atom. The summed E-state index contributed by atoms with van der Waals surface area (Å²) in [5.74, 6) is -2.87. The Hall–Kier alpha value is -2.21. The largest absolute Gasteiger partial charge is 0.497 e. The molecule has 2 aromatic carbocycles. The Morgan fingerprint density at radius 1 is 0.857 bits per heavy atom. The van der Waals surface area contributed by atoms with Gasteiger partial charge in [-0.05, 0) is 18.2 Å². The van der Waals surface area contributed by atoms with Gasteiger partial charge in [0.15, 0.2) is 11.6 Å². The zero-order chi connectivity index (χ0) is 15.6. The average molecular weight is 298 g/mol. The van der Waals surface area contributed by atoms with Crippen LogP contribution in [0.3, 0.4) is 0 Å². The molecule has 0 aliphatic heterocycles. The third kappa shape index (κ3) is 2.95. The fourth-order valence-corrected chi connectivity index (χ4v) is 1.96. The molecule has 3 nitrogen and oxygen atoms in total. The minimum absolute atomic E-state index is 0.211. The molecule has 6 heteroatoms. The number of benzene rings is 2. The lowest BCUT2D eigenvalue weighted by Crippen LogP contribution is -2.06. The van der Waals surface area contributed by atoms with E-state index in [1.54, 1.807) is 6.07 Å². The topological polar surface area (TPSA) is 38.7 Å². The van der Waals surface area contributed by atoms with Crippen molar-refractivity contribution < 1.29 is 27.8 Å². The number of aliphatic hydroxyl groups is 1. The number of hydrogen-bond donors (Lipinski definition) is 1. The Kier molecular flexibility index (Phi) is 4.37. The average Bonchev–Trinajstić information content (AvgIpc) is 2.49. The quantitative estimate of drug-likeness (QED) is 0.881. The third-order valence-corrected chi connectivity index (χ3v) is 3.07. The van der Waals surface area contributed by atoms with Crippen LogP contribution in [0.5, 0.6) is 11.5 Å². The molecular formula is C15H13F3O3. The van der Waals surface area contributed by atoms with Crippen molar-refractivity contribution in [1.29, 1.82) is 0 Å². The van der Waals surface area contributed by atoms with Crippen LogP contribution in [0.4, 0.5) is 13.2 Å². The van der Waals surface area contributed by atoms with Crippen molar-refractivity contribution in [2.45, 2.75) is 6.10 Å². The van der Waals surface area contributed by atoms with E-state index in [0.717, 1.165) is 0 Å². The normalized spacial score (nSPS) is 12.1. The highest BCUT2D eigenvalue weighted by atomic mass is 19.2. The van der Waals surface area contributed by atoms with Gasteiger partial charge in [-0.2, -0.15) is 0 Å². The summed E-state index contributed by atoms with van der Waals surface area (Å²) in [7, 11) is 2.83. The summed E-state index contributed by atoms with van der Waals surface area (Å²) in [5, 5.41) is 10.2. The van der Waals surface area contributed by atoms with Crippen LogP contribution in [0.15, 0.2) is 30.3 Å². The van der Waals surface area contributed by atoms with E-state index < -0.39 is 23.6 Å². The fourth-order valence-electron chi connectivity index (χ4n) is 1.96. The van der Waals surface area contributed by atoms with E-state index in [1.807, 2.05) is 0 Å². The first-order valence-electron chi connectivity index (χ1n) is 6.02. The molecule has 21 heavy (non-hydrogen) atoms. The Labute approximate surface area is 119 Å². The molecule has 1 unspecified atom stereocenters. The van der Waals surface area contributed by atoms with Gasteiger partial charge >= 0.3 is 0 Å². The van der Waals surface area contributed by atoms with E-state index in [-0.39, 0.29) is 16.9 Å².